The number of nitrogens with zero attached hydrogens (tertiary/aromatic N) is 2. The lowest BCUT2D eigenvalue weighted by atomic mass is 9.95. The van der Waals surface area contributed by atoms with E-state index in [0.717, 1.165) is 18.9 Å². The molecule has 0 saturated heterocycles. The predicted octanol–water partition coefficient (Wildman–Crippen LogP) is 6.43. The van der Waals surface area contributed by atoms with E-state index in [1.54, 1.807) is 43.5 Å². The van der Waals surface area contributed by atoms with Crippen LogP contribution < -0.4 is 10.1 Å². The number of hydrogen-bond acceptors (Lipinski definition) is 7. The minimum Gasteiger partial charge on any atom is -0.507 e. The Morgan fingerprint density at radius 3 is 2.56 bits per heavy atom. The van der Waals surface area contributed by atoms with Crippen molar-refractivity contribution in [3.63, 3.8) is 0 Å². The van der Waals surface area contributed by atoms with E-state index >= 15 is 0 Å². The highest BCUT2D eigenvalue weighted by Crippen LogP contribution is 2.43. The number of nitrogens with one attached hydrogen (secondary N) is 1. The fourth-order valence-corrected chi connectivity index (χ4v) is 3.82. The molecular weight excluding hydrogens is 462 g/mol. The van der Waals surface area contributed by atoms with E-state index in [1.807, 2.05) is 19.1 Å². The van der Waals surface area contributed by atoms with Crippen LogP contribution in [0, 0.1) is 10.1 Å². The molecule has 0 spiro atoms. The van der Waals surface area contributed by atoms with E-state index in [4.69, 9.17) is 9.15 Å². The molecule has 0 aliphatic heterocycles. The van der Waals surface area contributed by atoms with Crippen molar-refractivity contribution in [1.82, 2.24) is 4.98 Å². The number of non-ortho nitro benzene ring substituents is 1. The molecule has 0 saturated carbocycles. The smallest absolute Gasteiger partial charge is 0.302 e. The predicted molar refractivity (Wildman–Crippen MR) is 136 cm³/mol. The maximum Gasteiger partial charge on any atom is 0.302 e. The number of aromatic hydroxyl groups is 1. The number of nitro benzene ring substituents is 1. The molecule has 0 bridgehead atoms. The van der Waals surface area contributed by atoms with E-state index in [0.29, 0.717) is 45.9 Å². The number of rotatable bonds is 9. The number of hydrogen-bond donors (Lipinski definition) is 2. The summed E-state index contributed by atoms with van der Waals surface area (Å²) in [7, 11) is 1.56. The van der Waals surface area contributed by atoms with Crippen molar-refractivity contribution < 1.29 is 24.0 Å². The van der Waals surface area contributed by atoms with E-state index < -0.39 is 4.92 Å². The molecule has 1 aromatic heterocycles. The van der Waals surface area contributed by atoms with Gasteiger partial charge >= 0.3 is 6.01 Å². The summed E-state index contributed by atoms with van der Waals surface area (Å²) in [6.07, 6.45) is 1.96. The van der Waals surface area contributed by atoms with Crippen LogP contribution in [0.1, 0.15) is 26.2 Å². The Bertz CT molecular complexity index is 1410. The van der Waals surface area contributed by atoms with E-state index in [9.17, 15) is 20.0 Å². The number of nitro groups is 1. The first-order chi connectivity index (χ1) is 17.4. The Labute approximate surface area is 207 Å². The number of carbonyl (C=O) groups excluding carboxylic acids is 1. The van der Waals surface area contributed by atoms with Crippen molar-refractivity contribution in [1.29, 1.82) is 0 Å². The summed E-state index contributed by atoms with van der Waals surface area (Å²) in [4.78, 5) is 27.5. The minimum absolute atomic E-state index is 0.0478. The molecule has 1 heterocycles. The second-order valence-electron chi connectivity index (χ2n) is 8.08. The molecule has 3 aromatic carbocycles. The molecule has 9 nitrogen and oxygen atoms in total. The zero-order chi connectivity index (χ0) is 25.7. The average molecular weight is 488 g/mol. The number of methoxy groups -OCH3 is 1. The molecular formula is C27H25N3O6. The molecule has 0 aliphatic rings. The standard InChI is InChI=1S/C27H25N3O6/c1-3-4-12-24(32)28-27-29-25(17-8-7-9-19(15-17)35-2)26(36-27)22-11-6-5-10-20(22)21-14-13-18(30(33)34)16-23(21)31/h5-11,13-16,31H,3-4,12H2,1-2H3,(H,28,29,32). The SMILES string of the molecule is CCCCC(=O)Nc1nc(-c2cccc(OC)c2)c(-c2ccccc2-c2ccc([N+](=O)[O-])cc2O)o1. The highest BCUT2D eigenvalue weighted by molar-refractivity contribution is 5.92. The summed E-state index contributed by atoms with van der Waals surface area (Å²) in [5, 5.41) is 24.5. The number of unbranched alkanes of at least 4 members (excludes halogenated alkanes) is 1. The van der Waals surface area contributed by atoms with Gasteiger partial charge in [0, 0.05) is 29.2 Å². The molecule has 1 amide bonds. The van der Waals surface area contributed by atoms with Gasteiger partial charge in [-0.15, -0.1) is 0 Å². The van der Waals surface area contributed by atoms with Crippen LogP contribution in [0.5, 0.6) is 11.5 Å². The molecule has 0 atom stereocenters. The number of amides is 1. The molecule has 2 N–H and O–H groups in total. The lowest BCUT2D eigenvalue weighted by molar-refractivity contribution is -0.384. The van der Waals surface area contributed by atoms with Crippen molar-refractivity contribution in [2.45, 2.75) is 26.2 Å². The van der Waals surface area contributed by atoms with E-state index in [2.05, 4.69) is 10.3 Å². The maximum absolute atomic E-state index is 12.4. The van der Waals surface area contributed by atoms with Crippen LogP contribution in [0.4, 0.5) is 11.7 Å². The Hall–Kier alpha value is -4.66. The maximum atomic E-state index is 12.4. The Kier molecular flexibility index (Phi) is 7.29. The van der Waals surface area contributed by atoms with Gasteiger partial charge in [0.1, 0.15) is 17.2 Å². The highest BCUT2D eigenvalue weighted by atomic mass is 16.6. The van der Waals surface area contributed by atoms with Crippen molar-refractivity contribution in [2.75, 3.05) is 12.4 Å². The number of benzene rings is 3. The minimum atomic E-state index is -0.569. The molecule has 36 heavy (non-hydrogen) atoms. The Morgan fingerprint density at radius 1 is 1.08 bits per heavy atom. The van der Waals surface area contributed by atoms with Crippen LogP contribution in [0.25, 0.3) is 33.7 Å². The molecule has 4 aromatic rings. The molecule has 4 rings (SSSR count). The van der Waals surface area contributed by atoms with Crippen LogP contribution in [-0.4, -0.2) is 28.0 Å². The summed E-state index contributed by atoms with van der Waals surface area (Å²) in [5.41, 5.74) is 2.49. The van der Waals surface area contributed by atoms with Gasteiger partial charge in [-0.3, -0.25) is 20.2 Å². The second kappa shape index (κ2) is 10.7. The first-order valence-corrected chi connectivity index (χ1v) is 11.4. The second-order valence-corrected chi connectivity index (χ2v) is 8.08. The zero-order valence-electron chi connectivity index (χ0n) is 19.9. The third kappa shape index (κ3) is 5.20. The summed E-state index contributed by atoms with van der Waals surface area (Å²) < 4.78 is 11.4. The van der Waals surface area contributed by atoms with Crippen LogP contribution in [0.2, 0.25) is 0 Å². The summed E-state index contributed by atoms with van der Waals surface area (Å²) in [5.74, 6) is 0.536. The van der Waals surface area contributed by atoms with Crippen molar-refractivity contribution in [3.05, 3.63) is 76.8 Å². The van der Waals surface area contributed by atoms with Crippen molar-refractivity contribution >= 4 is 17.6 Å². The zero-order valence-corrected chi connectivity index (χ0v) is 19.9. The number of phenolic OH excluding ortho intramolecular Hbond substituents is 1. The van der Waals surface area contributed by atoms with Crippen LogP contribution >= 0.6 is 0 Å². The van der Waals surface area contributed by atoms with Gasteiger partial charge in [-0.25, -0.2) is 0 Å². The molecule has 0 radical (unpaired) electrons. The van der Waals surface area contributed by atoms with E-state index in [1.165, 1.54) is 12.1 Å². The number of carbonyl (C=O) groups is 1. The molecule has 9 heteroatoms. The number of aromatic nitrogens is 1. The molecule has 184 valence electrons. The van der Waals surface area contributed by atoms with Gasteiger partial charge in [0.15, 0.2) is 5.76 Å². The molecule has 0 aliphatic carbocycles. The number of ether oxygens (including phenoxy) is 1. The third-order valence-corrected chi connectivity index (χ3v) is 5.63. The van der Waals surface area contributed by atoms with E-state index in [-0.39, 0.29) is 23.4 Å². The Morgan fingerprint density at radius 2 is 1.86 bits per heavy atom. The van der Waals surface area contributed by atoms with Gasteiger partial charge < -0.3 is 14.3 Å². The summed E-state index contributed by atoms with van der Waals surface area (Å²) in [6, 6.07) is 18.4. The first kappa shape index (κ1) is 24.5. The number of oxazole rings is 1. The fourth-order valence-electron chi connectivity index (χ4n) is 3.82. The van der Waals surface area contributed by atoms with Crippen LogP contribution in [-0.2, 0) is 4.79 Å². The topological polar surface area (TPSA) is 128 Å². The summed E-state index contributed by atoms with van der Waals surface area (Å²) >= 11 is 0. The van der Waals surface area contributed by atoms with Gasteiger partial charge in [0.05, 0.1) is 18.1 Å². The number of anilines is 1. The third-order valence-electron chi connectivity index (χ3n) is 5.63. The lowest BCUT2D eigenvalue weighted by Gasteiger charge is -2.11. The van der Waals surface area contributed by atoms with Crippen molar-refractivity contribution in [3.8, 4) is 45.2 Å². The lowest BCUT2D eigenvalue weighted by Crippen LogP contribution is -2.11. The average Bonchev–Trinajstić information content (AvgIpc) is 3.30. The normalized spacial score (nSPS) is 10.7. The Balaban J connectivity index is 1.86. The van der Waals surface area contributed by atoms with Gasteiger partial charge in [0.2, 0.25) is 5.91 Å². The summed E-state index contributed by atoms with van der Waals surface area (Å²) in [6.45, 7) is 2.00. The van der Waals surface area contributed by atoms with Gasteiger partial charge in [-0.1, -0.05) is 49.7 Å². The van der Waals surface area contributed by atoms with Crippen LogP contribution in [0.15, 0.2) is 71.1 Å². The van der Waals surface area contributed by atoms with Gasteiger partial charge in [-0.05, 0) is 30.2 Å². The molecule has 0 unspecified atom stereocenters. The number of phenols is 1. The quantitative estimate of drug-likeness (QED) is 0.206. The molecule has 0 fully saturated rings. The van der Waals surface area contributed by atoms with Gasteiger partial charge in [-0.2, -0.15) is 4.98 Å². The highest BCUT2D eigenvalue weighted by Gasteiger charge is 2.23. The largest absolute Gasteiger partial charge is 0.507 e. The van der Waals surface area contributed by atoms with Crippen LogP contribution in [0.3, 0.4) is 0 Å². The van der Waals surface area contributed by atoms with Crippen molar-refractivity contribution in [2.24, 2.45) is 0 Å². The monoisotopic (exact) mass is 487 g/mol. The fraction of sp³-hybridized carbons (Fsp3) is 0.185. The van der Waals surface area contributed by atoms with Gasteiger partial charge in [0.25, 0.3) is 5.69 Å². The first-order valence-electron chi connectivity index (χ1n) is 11.4.